The van der Waals surface area contributed by atoms with Crippen LogP contribution in [0.3, 0.4) is 0 Å². The summed E-state index contributed by atoms with van der Waals surface area (Å²) in [7, 11) is -3.76. The van der Waals surface area contributed by atoms with E-state index in [1.54, 1.807) is 0 Å². The second-order valence-electron chi connectivity index (χ2n) is 10.5. The minimum atomic E-state index is -1.95. The molecule has 0 bridgehead atoms. The first-order valence-electron chi connectivity index (χ1n) is 10.2. The van der Waals surface area contributed by atoms with Crippen LogP contribution in [-0.4, -0.2) is 33.5 Å². The fourth-order valence-electron chi connectivity index (χ4n) is 3.93. The van der Waals surface area contributed by atoms with E-state index in [0.717, 1.165) is 6.23 Å². The SMILES string of the molecule is C/C(=C\[C@@H](C)[C@@H](C(=O)O)[Si](C)(C)C)[Si@](C)(COCc1ccccc1)C(C)(C)C. The van der Waals surface area contributed by atoms with Gasteiger partial charge in [0.15, 0.2) is 0 Å². The van der Waals surface area contributed by atoms with E-state index in [-0.39, 0.29) is 16.5 Å². The van der Waals surface area contributed by atoms with Crippen LogP contribution in [0.25, 0.3) is 0 Å². The zero-order valence-corrected chi connectivity index (χ0v) is 21.3. The van der Waals surface area contributed by atoms with E-state index in [9.17, 15) is 9.90 Å². The van der Waals surface area contributed by atoms with Crippen LogP contribution in [0.2, 0.25) is 36.8 Å². The van der Waals surface area contributed by atoms with E-state index >= 15 is 0 Å². The van der Waals surface area contributed by atoms with Crippen LogP contribution in [0, 0.1) is 5.92 Å². The van der Waals surface area contributed by atoms with Crippen LogP contribution in [0.15, 0.2) is 41.6 Å². The third-order valence-electron chi connectivity index (χ3n) is 6.27. The van der Waals surface area contributed by atoms with E-state index in [4.69, 9.17) is 4.74 Å². The number of ether oxygens (including phenoxy) is 1. The summed E-state index contributed by atoms with van der Waals surface area (Å²) in [5, 5.41) is 11.3. The first kappa shape index (κ1) is 24.9. The number of rotatable bonds is 9. The second-order valence-corrected chi connectivity index (χ2v) is 21.0. The van der Waals surface area contributed by atoms with Crippen molar-refractivity contribution >= 4 is 22.1 Å². The third kappa shape index (κ3) is 6.43. The maximum atomic E-state index is 11.9. The molecule has 1 aromatic carbocycles. The predicted molar refractivity (Wildman–Crippen MR) is 125 cm³/mol. The van der Waals surface area contributed by atoms with Crippen molar-refractivity contribution in [1.82, 2.24) is 0 Å². The lowest BCUT2D eigenvalue weighted by molar-refractivity contribution is -0.137. The van der Waals surface area contributed by atoms with Gasteiger partial charge < -0.3 is 9.84 Å². The largest absolute Gasteiger partial charge is 0.481 e. The average Bonchev–Trinajstić information content (AvgIpc) is 2.52. The van der Waals surface area contributed by atoms with Gasteiger partial charge in [-0.05, 0) is 23.4 Å². The number of aliphatic carboxylic acids is 1. The number of carboxylic acid groups (broad SMARTS) is 1. The number of carbonyl (C=O) groups is 1. The Morgan fingerprint density at radius 1 is 1.14 bits per heavy atom. The zero-order chi connectivity index (χ0) is 21.8. The van der Waals surface area contributed by atoms with Crippen LogP contribution >= 0.6 is 0 Å². The van der Waals surface area contributed by atoms with Crippen molar-refractivity contribution < 1.29 is 14.6 Å². The molecule has 1 N–H and O–H groups in total. The summed E-state index contributed by atoms with van der Waals surface area (Å²) in [6.45, 7) is 20.6. The fraction of sp³-hybridized carbons (Fsp3) is 0.609. The highest BCUT2D eigenvalue weighted by Gasteiger charge is 2.43. The topological polar surface area (TPSA) is 46.5 Å². The minimum Gasteiger partial charge on any atom is -0.481 e. The van der Waals surface area contributed by atoms with E-state index in [2.05, 4.69) is 79.0 Å². The molecule has 0 radical (unpaired) electrons. The molecule has 3 atom stereocenters. The maximum Gasteiger partial charge on any atom is 0.304 e. The molecule has 0 amide bonds. The number of benzene rings is 1. The summed E-state index contributed by atoms with van der Waals surface area (Å²) < 4.78 is 6.20. The van der Waals surface area contributed by atoms with Crippen molar-refractivity contribution in [2.24, 2.45) is 5.92 Å². The molecular formula is C23H40O3Si2. The highest BCUT2D eigenvalue weighted by Crippen LogP contribution is 2.42. The first-order valence-corrected chi connectivity index (χ1v) is 16.5. The molecule has 0 aliphatic rings. The predicted octanol–water partition coefficient (Wildman–Crippen LogP) is 6.54. The van der Waals surface area contributed by atoms with Gasteiger partial charge in [0.25, 0.3) is 0 Å². The summed E-state index contributed by atoms with van der Waals surface area (Å²) in [4.78, 5) is 11.9. The Hall–Kier alpha value is -1.18. The Bertz CT molecular complexity index is 671. The average molecular weight is 421 g/mol. The molecule has 0 heterocycles. The summed E-state index contributed by atoms with van der Waals surface area (Å²) in [5.74, 6) is -0.623. The lowest BCUT2D eigenvalue weighted by Gasteiger charge is -2.41. The fourth-order valence-corrected chi connectivity index (χ4v) is 9.33. The lowest BCUT2D eigenvalue weighted by atomic mass is 10.1. The maximum absolute atomic E-state index is 11.9. The minimum absolute atomic E-state index is 0.0347. The quantitative estimate of drug-likeness (QED) is 0.462. The number of hydrogen-bond donors (Lipinski definition) is 1. The molecule has 0 unspecified atom stereocenters. The van der Waals surface area contributed by atoms with Crippen molar-refractivity contribution in [2.75, 3.05) is 6.23 Å². The van der Waals surface area contributed by atoms with Gasteiger partial charge in [0.05, 0.1) is 20.2 Å². The highest BCUT2D eigenvalue weighted by atomic mass is 28.3. The molecule has 0 spiro atoms. The Morgan fingerprint density at radius 3 is 2.11 bits per heavy atom. The van der Waals surface area contributed by atoms with Gasteiger partial charge in [-0.15, -0.1) is 0 Å². The Balaban J connectivity index is 3.07. The zero-order valence-electron chi connectivity index (χ0n) is 19.3. The normalized spacial score (nSPS) is 17.7. The van der Waals surface area contributed by atoms with Crippen molar-refractivity contribution in [2.45, 2.75) is 78.0 Å². The molecule has 5 heteroatoms. The van der Waals surface area contributed by atoms with Gasteiger partial charge in [0, 0.05) is 6.23 Å². The molecule has 0 saturated carbocycles. The summed E-state index contributed by atoms with van der Waals surface area (Å²) in [6, 6.07) is 10.3. The van der Waals surface area contributed by atoms with Gasteiger partial charge in [0.1, 0.15) is 8.07 Å². The molecule has 1 rings (SSSR count). The summed E-state index contributed by atoms with van der Waals surface area (Å²) in [6.07, 6.45) is 2.99. The third-order valence-corrected chi connectivity index (χ3v) is 14.9. The van der Waals surface area contributed by atoms with E-state index in [0.29, 0.717) is 6.61 Å². The van der Waals surface area contributed by atoms with Crippen LogP contribution < -0.4 is 0 Å². The molecule has 3 nitrogen and oxygen atoms in total. The van der Waals surface area contributed by atoms with Crippen molar-refractivity contribution in [3.05, 3.63) is 47.2 Å². The number of hydrogen-bond acceptors (Lipinski definition) is 2. The van der Waals surface area contributed by atoms with E-state index < -0.39 is 22.1 Å². The Labute approximate surface area is 174 Å². The highest BCUT2D eigenvalue weighted by molar-refractivity contribution is 6.87. The van der Waals surface area contributed by atoms with Crippen molar-refractivity contribution in [3.63, 3.8) is 0 Å². The smallest absolute Gasteiger partial charge is 0.304 e. The van der Waals surface area contributed by atoms with Crippen LogP contribution in [0.5, 0.6) is 0 Å². The van der Waals surface area contributed by atoms with Gasteiger partial charge in [-0.1, -0.05) is 95.5 Å². The molecule has 0 fully saturated rings. The summed E-state index contributed by atoms with van der Waals surface area (Å²) >= 11 is 0. The molecule has 1 aromatic rings. The van der Waals surface area contributed by atoms with Crippen molar-refractivity contribution in [1.29, 1.82) is 0 Å². The Kier molecular flexibility index (Phi) is 8.48. The van der Waals surface area contributed by atoms with Crippen LogP contribution in [0.1, 0.15) is 40.2 Å². The van der Waals surface area contributed by atoms with Gasteiger partial charge in [0.2, 0.25) is 0 Å². The number of allylic oxidation sites excluding steroid dienone is 2. The monoisotopic (exact) mass is 420 g/mol. The first-order chi connectivity index (χ1) is 12.7. The van der Waals surface area contributed by atoms with Crippen LogP contribution in [0.4, 0.5) is 0 Å². The van der Waals surface area contributed by atoms with Gasteiger partial charge in [-0.25, -0.2) is 0 Å². The standard InChI is InChI=1S/C23H40O3Si2/c1-18(21(22(24)25)27(6,7)8)15-19(2)28(9,23(3,4)5)17-26-16-20-13-11-10-12-14-20/h10-15,18,21H,16-17H2,1-9H3,(H,24,25)/b19-15+/t18-,21+,28+/m1/s1. The van der Waals surface area contributed by atoms with Crippen molar-refractivity contribution in [3.8, 4) is 0 Å². The molecular weight excluding hydrogens is 380 g/mol. The van der Waals surface area contributed by atoms with E-state index in [1.807, 2.05) is 18.2 Å². The van der Waals surface area contributed by atoms with Gasteiger partial charge in [-0.2, -0.15) is 0 Å². The van der Waals surface area contributed by atoms with Crippen LogP contribution in [-0.2, 0) is 16.1 Å². The second kappa shape index (κ2) is 9.55. The summed E-state index contributed by atoms with van der Waals surface area (Å²) in [5.41, 5.74) is 0.915. The molecule has 158 valence electrons. The number of carboxylic acids is 1. The Morgan fingerprint density at radius 2 is 1.68 bits per heavy atom. The van der Waals surface area contributed by atoms with Gasteiger partial charge in [-0.3, -0.25) is 4.79 Å². The molecule has 0 aliphatic heterocycles. The molecule has 28 heavy (non-hydrogen) atoms. The van der Waals surface area contributed by atoms with E-state index in [1.165, 1.54) is 10.8 Å². The van der Waals surface area contributed by atoms with Gasteiger partial charge >= 0.3 is 5.97 Å². The lowest BCUT2D eigenvalue weighted by Crippen LogP contribution is -2.48. The molecule has 0 aliphatic carbocycles. The molecule has 0 saturated heterocycles. The molecule has 0 aromatic heterocycles.